The molecule has 0 spiro atoms. The Balaban J connectivity index is 2.33. The van der Waals surface area contributed by atoms with E-state index in [2.05, 4.69) is 4.98 Å². The second kappa shape index (κ2) is 5.87. The van der Waals surface area contributed by atoms with Crippen molar-refractivity contribution in [3.63, 3.8) is 0 Å². The maximum Gasteiger partial charge on any atom is 0.194 e. The van der Waals surface area contributed by atoms with E-state index in [1.54, 1.807) is 12.1 Å². The molecule has 0 amide bonds. The SMILES string of the molecule is Cc1ccc(C(=O)c2cccc(OC(C)C)c2)c(C)n1. The molecule has 2 aromatic rings. The van der Waals surface area contributed by atoms with Gasteiger partial charge in [-0.05, 0) is 52.0 Å². The molecule has 0 unspecified atom stereocenters. The zero-order valence-electron chi connectivity index (χ0n) is 12.3. The molecule has 0 bridgehead atoms. The van der Waals surface area contributed by atoms with E-state index in [4.69, 9.17) is 4.74 Å². The van der Waals surface area contributed by atoms with Crippen LogP contribution >= 0.6 is 0 Å². The maximum atomic E-state index is 12.5. The van der Waals surface area contributed by atoms with Crippen LogP contribution in [0.4, 0.5) is 0 Å². The number of ether oxygens (including phenoxy) is 1. The number of rotatable bonds is 4. The predicted molar refractivity (Wildman–Crippen MR) is 79.3 cm³/mol. The van der Waals surface area contributed by atoms with E-state index in [0.29, 0.717) is 16.9 Å². The molecule has 20 heavy (non-hydrogen) atoms. The quantitative estimate of drug-likeness (QED) is 0.794. The summed E-state index contributed by atoms with van der Waals surface area (Å²) in [5.74, 6) is 0.688. The minimum absolute atomic E-state index is 0.0239. The predicted octanol–water partition coefficient (Wildman–Crippen LogP) is 3.72. The molecule has 104 valence electrons. The summed E-state index contributed by atoms with van der Waals surface area (Å²) < 4.78 is 5.62. The highest BCUT2D eigenvalue weighted by molar-refractivity contribution is 6.09. The molecule has 3 heteroatoms. The number of carbonyl (C=O) groups excluding carboxylic acids is 1. The number of pyridine rings is 1. The molecule has 3 nitrogen and oxygen atoms in total. The number of hydrogen-bond acceptors (Lipinski definition) is 3. The summed E-state index contributed by atoms with van der Waals surface area (Å²) in [6.07, 6.45) is 0.0862. The van der Waals surface area contributed by atoms with Gasteiger partial charge in [-0.25, -0.2) is 0 Å². The molecule has 0 aliphatic heterocycles. The van der Waals surface area contributed by atoms with Gasteiger partial charge in [0.05, 0.1) is 6.10 Å². The van der Waals surface area contributed by atoms with Crippen LogP contribution in [-0.4, -0.2) is 16.9 Å². The minimum Gasteiger partial charge on any atom is -0.491 e. The van der Waals surface area contributed by atoms with E-state index >= 15 is 0 Å². The van der Waals surface area contributed by atoms with Crippen LogP contribution < -0.4 is 4.74 Å². The summed E-state index contributed by atoms with van der Waals surface area (Å²) in [4.78, 5) is 16.9. The third-order valence-corrected chi connectivity index (χ3v) is 2.94. The average Bonchev–Trinajstić information content (AvgIpc) is 2.37. The molecule has 0 saturated heterocycles. The number of aryl methyl sites for hydroxylation is 2. The highest BCUT2D eigenvalue weighted by Crippen LogP contribution is 2.19. The lowest BCUT2D eigenvalue weighted by molar-refractivity contribution is 0.103. The van der Waals surface area contributed by atoms with Gasteiger partial charge in [0.15, 0.2) is 5.78 Å². The van der Waals surface area contributed by atoms with Gasteiger partial charge in [-0.2, -0.15) is 0 Å². The molecular formula is C17H19NO2. The van der Waals surface area contributed by atoms with Crippen molar-refractivity contribution in [2.24, 2.45) is 0 Å². The monoisotopic (exact) mass is 269 g/mol. The summed E-state index contributed by atoms with van der Waals surface area (Å²) >= 11 is 0. The van der Waals surface area contributed by atoms with Crippen LogP contribution in [0.25, 0.3) is 0 Å². The van der Waals surface area contributed by atoms with Crippen molar-refractivity contribution in [1.29, 1.82) is 0 Å². The van der Waals surface area contributed by atoms with Crippen molar-refractivity contribution in [2.45, 2.75) is 33.8 Å². The third-order valence-electron chi connectivity index (χ3n) is 2.94. The van der Waals surface area contributed by atoms with Crippen molar-refractivity contribution in [3.05, 3.63) is 58.9 Å². The van der Waals surface area contributed by atoms with Gasteiger partial charge in [-0.1, -0.05) is 12.1 Å². The molecule has 1 aromatic carbocycles. The van der Waals surface area contributed by atoms with Gasteiger partial charge in [0.2, 0.25) is 0 Å². The van der Waals surface area contributed by atoms with E-state index in [1.807, 2.05) is 52.0 Å². The fourth-order valence-electron chi connectivity index (χ4n) is 2.06. The highest BCUT2D eigenvalue weighted by atomic mass is 16.5. The minimum atomic E-state index is -0.0239. The van der Waals surface area contributed by atoms with Crippen LogP contribution in [0.1, 0.15) is 41.2 Å². The number of hydrogen-bond donors (Lipinski definition) is 0. The lowest BCUT2D eigenvalue weighted by atomic mass is 10.0. The normalized spacial score (nSPS) is 10.7. The molecule has 0 atom stereocenters. The molecule has 0 radical (unpaired) electrons. The van der Waals surface area contributed by atoms with E-state index in [1.165, 1.54) is 0 Å². The summed E-state index contributed by atoms with van der Waals surface area (Å²) in [7, 11) is 0. The molecule has 0 fully saturated rings. The molecular weight excluding hydrogens is 250 g/mol. The van der Waals surface area contributed by atoms with Crippen molar-refractivity contribution >= 4 is 5.78 Å². The third kappa shape index (κ3) is 3.23. The molecule has 1 heterocycles. The first-order valence-electron chi connectivity index (χ1n) is 6.73. The highest BCUT2D eigenvalue weighted by Gasteiger charge is 2.13. The van der Waals surface area contributed by atoms with Gasteiger partial charge in [0.1, 0.15) is 5.75 Å². The van der Waals surface area contributed by atoms with E-state index in [9.17, 15) is 4.79 Å². The van der Waals surface area contributed by atoms with Crippen molar-refractivity contribution < 1.29 is 9.53 Å². The van der Waals surface area contributed by atoms with Crippen LogP contribution in [0.3, 0.4) is 0 Å². The fourth-order valence-corrected chi connectivity index (χ4v) is 2.06. The topological polar surface area (TPSA) is 39.2 Å². The second-order valence-electron chi connectivity index (χ2n) is 5.11. The molecule has 0 saturated carbocycles. The van der Waals surface area contributed by atoms with Crippen LogP contribution in [0.5, 0.6) is 5.75 Å². The van der Waals surface area contributed by atoms with Crippen LogP contribution in [0.15, 0.2) is 36.4 Å². The van der Waals surface area contributed by atoms with E-state index < -0.39 is 0 Å². The Morgan fingerprint density at radius 2 is 1.90 bits per heavy atom. The van der Waals surface area contributed by atoms with E-state index in [0.717, 1.165) is 11.4 Å². The molecule has 2 rings (SSSR count). The first-order valence-corrected chi connectivity index (χ1v) is 6.73. The number of aromatic nitrogens is 1. The lowest BCUT2D eigenvalue weighted by Crippen LogP contribution is -2.08. The van der Waals surface area contributed by atoms with Crippen LogP contribution in [-0.2, 0) is 0 Å². The Hall–Kier alpha value is -2.16. The van der Waals surface area contributed by atoms with Gasteiger partial charge < -0.3 is 4.74 Å². The first-order chi connectivity index (χ1) is 9.47. The fraction of sp³-hybridized carbons (Fsp3) is 0.294. The average molecular weight is 269 g/mol. The van der Waals surface area contributed by atoms with Gasteiger partial charge in [0, 0.05) is 22.5 Å². The Kier molecular flexibility index (Phi) is 4.18. The summed E-state index contributed by atoms with van der Waals surface area (Å²) in [5, 5.41) is 0. The molecule has 1 aromatic heterocycles. The maximum absolute atomic E-state index is 12.5. The second-order valence-corrected chi connectivity index (χ2v) is 5.11. The van der Waals surface area contributed by atoms with Gasteiger partial charge in [-0.15, -0.1) is 0 Å². The van der Waals surface area contributed by atoms with Gasteiger partial charge >= 0.3 is 0 Å². The van der Waals surface area contributed by atoms with Crippen LogP contribution in [0.2, 0.25) is 0 Å². The smallest absolute Gasteiger partial charge is 0.194 e. The Morgan fingerprint density at radius 1 is 1.15 bits per heavy atom. The molecule has 0 aliphatic rings. The largest absolute Gasteiger partial charge is 0.491 e. The van der Waals surface area contributed by atoms with Crippen molar-refractivity contribution in [2.75, 3.05) is 0 Å². The Labute approximate surface area is 119 Å². The molecule has 0 aliphatic carbocycles. The van der Waals surface area contributed by atoms with Gasteiger partial charge in [0.25, 0.3) is 0 Å². The summed E-state index contributed by atoms with van der Waals surface area (Å²) in [6, 6.07) is 11.0. The Morgan fingerprint density at radius 3 is 2.55 bits per heavy atom. The van der Waals surface area contributed by atoms with Crippen LogP contribution in [0, 0.1) is 13.8 Å². The number of carbonyl (C=O) groups is 1. The summed E-state index contributed by atoms with van der Waals surface area (Å²) in [6.45, 7) is 7.69. The van der Waals surface area contributed by atoms with Crippen molar-refractivity contribution in [3.8, 4) is 5.75 Å². The molecule has 0 N–H and O–H groups in total. The van der Waals surface area contributed by atoms with Gasteiger partial charge in [-0.3, -0.25) is 9.78 Å². The summed E-state index contributed by atoms with van der Waals surface area (Å²) in [5.41, 5.74) is 2.93. The van der Waals surface area contributed by atoms with E-state index in [-0.39, 0.29) is 11.9 Å². The lowest BCUT2D eigenvalue weighted by Gasteiger charge is -2.11. The standard InChI is InChI=1S/C17H19NO2/c1-11(2)20-15-7-5-6-14(10-15)17(19)16-9-8-12(3)18-13(16)4/h5-11H,1-4H3. The zero-order chi connectivity index (χ0) is 14.7. The number of benzene rings is 1. The number of ketones is 1. The van der Waals surface area contributed by atoms with Crippen molar-refractivity contribution in [1.82, 2.24) is 4.98 Å². The zero-order valence-corrected chi connectivity index (χ0v) is 12.3. The first kappa shape index (κ1) is 14.3. The number of nitrogens with zero attached hydrogens (tertiary/aromatic N) is 1. The Bertz CT molecular complexity index is 633.